The van der Waals surface area contributed by atoms with Crippen LogP contribution in [0.3, 0.4) is 0 Å². The number of rotatable bonds is 7. The van der Waals surface area contributed by atoms with Crippen molar-refractivity contribution in [3.8, 4) is 0 Å². The number of aryl methyl sites for hydroxylation is 1. The van der Waals surface area contributed by atoms with Gasteiger partial charge >= 0.3 is 0 Å². The van der Waals surface area contributed by atoms with E-state index in [4.69, 9.17) is 4.74 Å². The van der Waals surface area contributed by atoms with Crippen LogP contribution in [0.2, 0.25) is 0 Å². The fourth-order valence-electron chi connectivity index (χ4n) is 3.33. The van der Waals surface area contributed by atoms with Crippen LogP contribution in [0.4, 0.5) is 0 Å². The van der Waals surface area contributed by atoms with Crippen LogP contribution in [0.5, 0.6) is 0 Å². The fourth-order valence-corrected chi connectivity index (χ4v) is 3.33. The second-order valence-electron chi connectivity index (χ2n) is 6.30. The minimum absolute atomic E-state index is 0.742. The van der Waals surface area contributed by atoms with Crippen molar-refractivity contribution in [1.29, 1.82) is 0 Å². The first kappa shape index (κ1) is 16.3. The monoisotopic (exact) mass is 286 g/mol. The van der Waals surface area contributed by atoms with Gasteiger partial charge in [-0.25, -0.2) is 0 Å². The number of ether oxygens (including phenoxy) is 1. The van der Waals surface area contributed by atoms with Crippen LogP contribution in [0.25, 0.3) is 0 Å². The molecule has 0 radical (unpaired) electrons. The van der Waals surface area contributed by atoms with Crippen LogP contribution >= 0.6 is 0 Å². The van der Waals surface area contributed by atoms with Gasteiger partial charge in [0.15, 0.2) is 0 Å². The lowest BCUT2D eigenvalue weighted by molar-refractivity contribution is 0.134. The number of hydrogen-bond donors (Lipinski definition) is 0. The van der Waals surface area contributed by atoms with E-state index in [1.807, 2.05) is 6.92 Å². The molecule has 1 aliphatic rings. The lowest BCUT2D eigenvalue weighted by atomic mass is 9.79. The average Bonchev–Trinajstić information content (AvgIpc) is 2.53. The Hall–Kier alpha value is -1.08. The Morgan fingerprint density at radius 3 is 2.33 bits per heavy atom. The molecular weight excluding hydrogens is 256 g/mol. The van der Waals surface area contributed by atoms with Crippen molar-refractivity contribution >= 4 is 0 Å². The van der Waals surface area contributed by atoms with Crippen LogP contribution in [-0.2, 0) is 17.8 Å². The van der Waals surface area contributed by atoms with Gasteiger partial charge in [-0.2, -0.15) is 0 Å². The third-order valence-corrected chi connectivity index (χ3v) is 4.69. The van der Waals surface area contributed by atoms with Gasteiger partial charge in [0.05, 0.1) is 6.61 Å². The molecule has 0 bridgehead atoms. The summed E-state index contributed by atoms with van der Waals surface area (Å²) >= 11 is 0. The third kappa shape index (κ3) is 5.67. The molecule has 1 fully saturated rings. The topological polar surface area (TPSA) is 9.23 Å². The predicted molar refractivity (Wildman–Crippen MR) is 90.4 cm³/mol. The Kier molecular flexibility index (Phi) is 7.02. The molecule has 0 unspecified atom stereocenters. The van der Waals surface area contributed by atoms with E-state index >= 15 is 0 Å². The Labute approximate surface area is 130 Å². The molecule has 0 heterocycles. The van der Waals surface area contributed by atoms with Crippen molar-refractivity contribution in [3.05, 3.63) is 47.5 Å². The van der Waals surface area contributed by atoms with Crippen molar-refractivity contribution in [2.24, 2.45) is 11.8 Å². The smallest absolute Gasteiger partial charge is 0.0716 e. The largest absolute Gasteiger partial charge is 0.377 e. The minimum Gasteiger partial charge on any atom is -0.377 e. The first-order chi connectivity index (χ1) is 10.3. The molecule has 0 atom stereocenters. The van der Waals surface area contributed by atoms with Gasteiger partial charge in [-0.15, -0.1) is 0 Å². The zero-order chi connectivity index (χ0) is 14.9. The molecule has 0 aliphatic heterocycles. The predicted octanol–water partition coefficient (Wildman–Crippen LogP) is 5.54. The molecule has 21 heavy (non-hydrogen) atoms. The zero-order valence-electron chi connectivity index (χ0n) is 13.7. The number of allylic oxidation sites excluding steroid dienone is 2. The average molecular weight is 286 g/mol. The zero-order valence-corrected chi connectivity index (χ0v) is 13.7. The highest BCUT2D eigenvalue weighted by atomic mass is 16.5. The van der Waals surface area contributed by atoms with Gasteiger partial charge in [0, 0.05) is 6.61 Å². The van der Waals surface area contributed by atoms with Gasteiger partial charge in [-0.3, -0.25) is 0 Å². The molecule has 1 nitrogen and oxygen atoms in total. The third-order valence-electron chi connectivity index (χ3n) is 4.69. The summed E-state index contributed by atoms with van der Waals surface area (Å²) in [6, 6.07) is 8.99. The Morgan fingerprint density at radius 1 is 1.05 bits per heavy atom. The molecule has 0 amide bonds. The van der Waals surface area contributed by atoms with Crippen molar-refractivity contribution in [2.45, 2.75) is 59.0 Å². The van der Waals surface area contributed by atoms with Crippen LogP contribution in [0, 0.1) is 11.8 Å². The summed E-state index contributed by atoms with van der Waals surface area (Å²) in [4.78, 5) is 0. The molecule has 116 valence electrons. The van der Waals surface area contributed by atoms with Gasteiger partial charge in [0.1, 0.15) is 0 Å². The maximum Gasteiger partial charge on any atom is 0.0716 e. The first-order valence-electron chi connectivity index (χ1n) is 8.60. The maximum absolute atomic E-state index is 5.44. The lowest BCUT2D eigenvalue weighted by Gasteiger charge is -2.26. The van der Waals surface area contributed by atoms with Gasteiger partial charge in [-0.1, -0.05) is 36.4 Å². The summed E-state index contributed by atoms with van der Waals surface area (Å²) in [6.45, 7) is 5.71. The van der Waals surface area contributed by atoms with Crippen molar-refractivity contribution < 1.29 is 4.74 Å². The Balaban J connectivity index is 1.71. The van der Waals surface area contributed by atoms with Crippen LogP contribution in [-0.4, -0.2) is 6.61 Å². The summed E-state index contributed by atoms with van der Waals surface area (Å²) in [6.07, 6.45) is 12.8. The molecule has 1 heteroatoms. The van der Waals surface area contributed by atoms with E-state index in [0.717, 1.165) is 25.0 Å². The summed E-state index contributed by atoms with van der Waals surface area (Å²) < 4.78 is 5.44. The molecule has 2 rings (SSSR count). The molecular formula is C20H30O. The summed E-state index contributed by atoms with van der Waals surface area (Å²) in [5, 5.41) is 0. The van der Waals surface area contributed by atoms with Crippen molar-refractivity contribution in [3.63, 3.8) is 0 Å². The van der Waals surface area contributed by atoms with E-state index < -0.39 is 0 Å². The molecule has 0 spiro atoms. The number of hydrogen-bond acceptors (Lipinski definition) is 1. The standard InChI is InChI=1S/C20H30O/c1-3-5-17-6-8-18(9-7-17)10-11-19-12-14-20(15-13-19)16-21-4-2/h3,5,12-15,17-18H,4,6-11,16H2,1-2H3. The molecule has 0 aromatic heterocycles. The first-order valence-corrected chi connectivity index (χ1v) is 8.60. The highest BCUT2D eigenvalue weighted by molar-refractivity contribution is 5.22. The molecule has 1 saturated carbocycles. The second-order valence-corrected chi connectivity index (χ2v) is 6.30. The number of benzene rings is 1. The SMILES string of the molecule is CC=CC1CCC(CCc2ccc(COCC)cc2)CC1. The van der Waals surface area contributed by atoms with Crippen molar-refractivity contribution in [2.75, 3.05) is 6.61 Å². The summed E-state index contributed by atoms with van der Waals surface area (Å²) in [5.41, 5.74) is 2.76. The van der Waals surface area contributed by atoms with Gasteiger partial charge in [0.2, 0.25) is 0 Å². The van der Waals surface area contributed by atoms with Crippen LogP contribution < -0.4 is 0 Å². The van der Waals surface area contributed by atoms with Crippen molar-refractivity contribution in [1.82, 2.24) is 0 Å². The van der Waals surface area contributed by atoms with Crippen LogP contribution in [0.1, 0.15) is 57.1 Å². The lowest BCUT2D eigenvalue weighted by Crippen LogP contribution is -2.13. The summed E-state index contributed by atoms with van der Waals surface area (Å²) in [5.74, 6) is 1.79. The minimum atomic E-state index is 0.742. The van der Waals surface area contributed by atoms with E-state index in [9.17, 15) is 0 Å². The molecule has 1 aliphatic carbocycles. The summed E-state index contributed by atoms with van der Waals surface area (Å²) in [7, 11) is 0. The normalized spacial score (nSPS) is 22.8. The van der Waals surface area contributed by atoms with E-state index in [0.29, 0.717) is 0 Å². The molecule has 0 N–H and O–H groups in total. The highest BCUT2D eigenvalue weighted by Crippen LogP contribution is 2.32. The molecule has 1 aromatic carbocycles. The van der Waals surface area contributed by atoms with E-state index in [2.05, 4.69) is 43.3 Å². The fraction of sp³-hybridized carbons (Fsp3) is 0.600. The Morgan fingerprint density at radius 2 is 1.71 bits per heavy atom. The molecule has 1 aromatic rings. The van der Waals surface area contributed by atoms with Gasteiger partial charge < -0.3 is 4.74 Å². The Bertz CT molecular complexity index is 410. The quantitative estimate of drug-likeness (QED) is 0.598. The van der Waals surface area contributed by atoms with E-state index in [1.165, 1.54) is 49.7 Å². The van der Waals surface area contributed by atoms with E-state index in [-0.39, 0.29) is 0 Å². The van der Waals surface area contributed by atoms with Gasteiger partial charge in [0.25, 0.3) is 0 Å². The van der Waals surface area contributed by atoms with Gasteiger partial charge in [-0.05, 0) is 75.3 Å². The second kappa shape index (κ2) is 9.04. The van der Waals surface area contributed by atoms with Crippen LogP contribution in [0.15, 0.2) is 36.4 Å². The maximum atomic E-state index is 5.44. The van der Waals surface area contributed by atoms with E-state index in [1.54, 1.807) is 0 Å². The molecule has 0 saturated heterocycles. The highest BCUT2D eigenvalue weighted by Gasteiger charge is 2.18.